The van der Waals surface area contributed by atoms with Gasteiger partial charge in [-0.1, -0.05) is 13.8 Å². The molecule has 0 radical (unpaired) electrons. The zero-order valence-corrected chi connectivity index (χ0v) is 8.67. The maximum absolute atomic E-state index is 10.7. The molecule has 0 aromatic carbocycles. The zero-order valence-electron chi connectivity index (χ0n) is 7.86. The number of primary amides is 1. The van der Waals surface area contributed by atoms with Crippen molar-refractivity contribution >= 4 is 15.9 Å². The molecule has 5 nitrogen and oxygen atoms in total. The Morgan fingerprint density at radius 3 is 2.15 bits per heavy atom. The maximum Gasteiger partial charge on any atom is 0.220 e. The van der Waals surface area contributed by atoms with Crippen LogP contribution < -0.4 is 10.9 Å². The molecule has 1 amide bonds. The number of primary sulfonamides is 1. The highest BCUT2D eigenvalue weighted by Gasteiger charge is 2.17. The third-order valence-corrected chi connectivity index (χ3v) is 2.79. The lowest BCUT2D eigenvalue weighted by Crippen LogP contribution is -2.27. The second-order valence-corrected chi connectivity index (χ2v) is 5.13. The molecular formula is C7H16N2O3S. The molecule has 4 N–H and O–H groups in total. The van der Waals surface area contributed by atoms with E-state index >= 15 is 0 Å². The van der Waals surface area contributed by atoms with Crippen LogP contribution in [0.15, 0.2) is 0 Å². The summed E-state index contributed by atoms with van der Waals surface area (Å²) in [5.41, 5.74) is 5.03. The molecule has 1 unspecified atom stereocenters. The summed E-state index contributed by atoms with van der Waals surface area (Å²) in [5, 5.41) is 4.84. The lowest BCUT2D eigenvalue weighted by Gasteiger charge is -2.12. The van der Waals surface area contributed by atoms with E-state index in [4.69, 9.17) is 10.9 Å². The molecule has 0 spiro atoms. The van der Waals surface area contributed by atoms with Crippen molar-refractivity contribution in [2.24, 2.45) is 22.7 Å². The Balaban J connectivity index is 4.02. The van der Waals surface area contributed by atoms with E-state index < -0.39 is 15.9 Å². The van der Waals surface area contributed by atoms with Gasteiger partial charge in [-0.15, -0.1) is 0 Å². The van der Waals surface area contributed by atoms with Gasteiger partial charge in [-0.25, -0.2) is 13.6 Å². The standard InChI is InChI=1S/C7H16N2O3S/c1-5(4-13(9,11)12)3-6(2)7(8)10/h5-6H,3-4H2,1-2H3,(H2,8,10)(H2,9,11,12)/t5?,6-/m0/s1. The Kier molecular flexibility index (Phi) is 4.35. The molecule has 78 valence electrons. The van der Waals surface area contributed by atoms with Gasteiger partial charge in [0.2, 0.25) is 15.9 Å². The van der Waals surface area contributed by atoms with Crippen LogP contribution in [0.5, 0.6) is 0 Å². The minimum Gasteiger partial charge on any atom is -0.369 e. The fourth-order valence-electron chi connectivity index (χ4n) is 1.18. The van der Waals surface area contributed by atoms with E-state index in [0.717, 1.165) is 0 Å². The number of hydrogen-bond donors (Lipinski definition) is 2. The molecule has 13 heavy (non-hydrogen) atoms. The maximum atomic E-state index is 10.7. The lowest BCUT2D eigenvalue weighted by molar-refractivity contribution is -0.121. The summed E-state index contributed by atoms with van der Waals surface area (Å²) in [4.78, 5) is 10.6. The molecule has 0 aliphatic carbocycles. The molecular weight excluding hydrogens is 192 g/mol. The first-order valence-corrected chi connectivity index (χ1v) is 5.73. The number of sulfonamides is 1. The summed E-state index contributed by atoms with van der Waals surface area (Å²) in [6, 6.07) is 0. The third-order valence-electron chi connectivity index (χ3n) is 1.76. The number of carbonyl (C=O) groups is 1. The molecule has 2 atom stereocenters. The predicted octanol–water partition coefficient (Wildman–Crippen LogP) is -0.577. The third kappa shape index (κ3) is 6.53. The number of nitrogens with two attached hydrogens (primary N) is 2. The molecule has 0 aromatic rings. The summed E-state index contributed by atoms with van der Waals surface area (Å²) in [5.74, 6) is -0.972. The Hall–Kier alpha value is -0.620. The first-order chi connectivity index (χ1) is 5.72. The number of rotatable bonds is 5. The molecule has 0 heterocycles. The molecule has 0 aromatic heterocycles. The van der Waals surface area contributed by atoms with Gasteiger partial charge >= 0.3 is 0 Å². The van der Waals surface area contributed by atoms with Crippen molar-refractivity contribution in [2.75, 3.05) is 5.75 Å². The minimum absolute atomic E-state index is 0.107. The van der Waals surface area contributed by atoms with Gasteiger partial charge < -0.3 is 5.73 Å². The summed E-state index contributed by atoms with van der Waals surface area (Å²) in [6.07, 6.45) is 0.450. The van der Waals surface area contributed by atoms with Gasteiger partial charge in [0, 0.05) is 5.92 Å². The Morgan fingerprint density at radius 1 is 1.38 bits per heavy atom. The molecule has 0 saturated carbocycles. The van der Waals surface area contributed by atoms with Crippen molar-refractivity contribution in [2.45, 2.75) is 20.3 Å². The van der Waals surface area contributed by atoms with Crippen LogP contribution in [-0.4, -0.2) is 20.1 Å². The molecule has 0 fully saturated rings. The van der Waals surface area contributed by atoms with Gasteiger partial charge in [-0.2, -0.15) is 0 Å². The van der Waals surface area contributed by atoms with Crippen LogP contribution in [0.3, 0.4) is 0 Å². The van der Waals surface area contributed by atoms with E-state index in [1.54, 1.807) is 13.8 Å². The fraction of sp³-hybridized carbons (Fsp3) is 0.857. The Bertz CT molecular complexity index is 273. The van der Waals surface area contributed by atoms with Gasteiger partial charge in [-0.05, 0) is 12.3 Å². The van der Waals surface area contributed by atoms with Crippen molar-refractivity contribution in [3.8, 4) is 0 Å². The average molecular weight is 208 g/mol. The summed E-state index contributed by atoms with van der Waals surface area (Å²) in [7, 11) is -3.45. The molecule has 0 saturated heterocycles. The summed E-state index contributed by atoms with van der Waals surface area (Å²) < 4.78 is 21.3. The van der Waals surface area contributed by atoms with E-state index in [2.05, 4.69) is 0 Å². The van der Waals surface area contributed by atoms with Gasteiger partial charge in [0.15, 0.2) is 0 Å². The summed E-state index contributed by atoms with van der Waals surface area (Å²) in [6.45, 7) is 3.39. The number of amides is 1. The van der Waals surface area contributed by atoms with E-state index in [9.17, 15) is 13.2 Å². The fourth-order valence-corrected chi connectivity index (χ4v) is 2.11. The number of carbonyl (C=O) groups excluding carboxylic acids is 1. The minimum atomic E-state index is -3.45. The van der Waals surface area contributed by atoms with Crippen LogP contribution in [0.25, 0.3) is 0 Å². The van der Waals surface area contributed by atoms with E-state index in [0.29, 0.717) is 6.42 Å². The van der Waals surface area contributed by atoms with Crippen LogP contribution >= 0.6 is 0 Å². The molecule has 6 heteroatoms. The number of hydrogen-bond acceptors (Lipinski definition) is 3. The van der Waals surface area contributed by atoms with Crippen molar-refractivity contribution < 1.29 is 13.2 Å². The highest BCUT2D eigenvalue weighted by Crippen LogP contribution is 2.12. The van der Waals surface area contributed by atoms with Crippen LogP contribution in [0, 0.1) is 11.8 Å². The Labute approximate surface area is 78.5 Å². The highest BCUT2D eigenvalue weighted by molar-refractivity contribution is 7.89. The summed E-state index contributed by atoms with van der Waals surface area (Å²) >= 11 is 0. The van der Waals surface area contributed by atoms with Crippen molar-refractivity contribution in [3.05, 3.63) is 0 Å². The largest absolute Gasteiger partial charge is 0.369 e. The van der Waals surface area contributed by atoms with Crippen LogP contribution in [0.4, 0.5) is 0 Å². The topological polar surface area (TPSA) is 103 Å². The Morgan fingerprint density at radius 2 is 1.85 bits per heavy atom. The molecule has 0 rings (SSSR count). The van der Waals surface area contributed by atoms with Crippen molar-refractivity contribution in [1.82, 2.24) is 0 Å². The van der Waals surface area contributed by atoms with Gasteiger partial charge in [0.25, 0.3) is 0 Å². The molecule has 0 bridgehead atoms. The first-order valence-electron chi connectivity index (χ1n) is 4.02. The second kappa shape index (κ2) is 4.57. The van der Waals surface area contributed by atoms with Crippen LogP contribution in [0.1, 0.15) is 20.3 Å². The van der Waals surface area contributed by atoms with E-state index in [-0.39, 0.29) is 17.6 Å². The average Bonchev–Trinajstić information content (AvgIpc) is 1.81. The monoisotopic (exact) mass is 208 g/mol. The van der Waals surface area contributed by atoms with Crippen molar-refractivity contribution in [3.63, 3.8) is 0 Å². The van der Waals surface area contributed by atoms with Crippen molar-refractivity contribution in [1.29, 1.82) is 0 Å². The van der Waals surface area contributed by atoms with Crippen LogP contribution in [0.2, 0.25) is 0 Å². The van der Waals surface area contributed by atoms with Gasteiger partial charge in [0.1, 0.15) is 0 Å². The molecule has 0 aliphatic rings. The zero-order chi connectivity index (χ0) is 10.6. The quantitative estimate of drug-likeness (QED) is 0.631. The highest BCUT2D eigenvalue weighted by atomic mass is 32.2. The van der Waals surface area contributed by atoms with E-state index in [1.165, 1.54) is 0 Å². The SMILES string of the molecule is CC(C[C@H](C)C(N)=O)CS(N)(=O)=O. The first kappa shape index (κ1) is 12.4. The molecule has 0 aliphatic heterocycles. The van der Waals surface area contributed by atoms with Gasteiger partial charge in [-0.3, -0.25) is 4.79 Å². The smallest absolute Gasteiger partial charge is 0.220 e. The lowest BCUT2D eigenvalue weighted by atomic mass is 9.98. The van der Waals surface area contributed by atoms with E-state index in [1.807, 2.05) is 0 Å². The van der Waals surface area contributed by atoms with Crippen LogP contribution in [-0.2, 0) is 14.8 Å². The predicted molar refractivity (Wildman–Crippen MR) is 50.1 cm³/mol. The van der Waals surface area contributed by atoms with Gasteiger partial charge in [0.05, 0.1) is 5.75 Å². The second-order valence-electron chi connectivity index (χ2n) is 3.47. The normalized spacial score (nSPS) is 16.5.